The van der Waals surface area contributed by atoms with Crippen LogP contribution in [-0.2, 0) is 4.74 Å². The van der Waals surface area contributed by atoms with Crippen molar-refractivity contribution in [1.29, 1.82) is 5.41 Å². The van der Waals surface area contributed by atoms with E-state index >= 15 is 0 Å². The van der Waals surface area contributed by atoms with Crippen LogP contribution in [0.1, 0.15) is 25.7 Å². The molecule has 74 valence electrons. The second-order valence-corrected chi connectivity index (χ2v) is 4.05. The van der Waals surface area contributed by atoms with Crippen molar-refractivity contribution < 1.29 is 4.74 Å². The molecule has 0 aliphatic carbocycles. The zero-order valence-corrected chi connectivity index (χ0v) is 7.88. The van der Waals surface area contributed by atoms with Crippen LogP contribution in [0.4, 0.5) is 0 Å². The topological polar surface area (TPSA) is 62.3 Å². The van der Waals surface area contributed by atoms with Gasteiger partial charge in [-0.15, -0.1) is 0 Å². The Labute approximate surface area is 78.5 Å². The van der Waals surface area contributed by atoms with Crippen LogP contribution in [0.3, 0.4) is 0 Å². The first-order valence-electron chi connectivity index (χ1n) is 4.95. The van der Waals surface area contributed by atoms with Gasteiger partial charge in [0, 0.05) is 19.7 Å². The van der Waals surface area contributed by atoms with E-state index in [2.05, 4.69) is 0 Å². The SMILES string of the molecule is N=C(N)N1CCC2(CCCCO2)C1. The summed E-state index contributed by atoms with van der Waals surface area (Å²) in [7, 11) is 0. The number of hydrogen-bond donors (Lipinski definition) is 2. The van der Waals surface area contributed by atoms with Crippen LogP contribution in [0, 0.1) is 5.41 Å². The lowest BCUT2D eigenvalue weighted by Gasteiger charge is -2.33. The zero-order valence-electron chi connectivity index (χ0n) is 7.88. The van der Waals surface area contributed by atoms with Crippen LogP contribution in [-0.4, -0.2) is 36.2 Å². The van der Waals surface area contributed by atoms with E-state index in [4.69, 9.17) is 15.9 Å². The minimum atomic E-state index is 0.0317. The standard InChI is InChI=1S/C9H17N3O/c10-8(11)12-5-4-9(7-12)3-1-2-6-13-9/h1-7H2,(H3,10,11). The number of likely N-dealkylation sites (tertiary alicyclic amines) is 1. The van der Waals surface area contributed by atoms with E-state index in [0.717, 1.165) is 32.5 Å². The van der Waals surface area contributed by atoms with E-state index in [-0.39, 0.29) is 11.6 Å². The molecule has 0 amide bonds. The van der Waals surface area contributed by atoms with E-state index in [0.29, 0.717) is 0 Å². The number of ether oxygens (including phenoxy) is 1. The first-order chi connectivity index (χ1) is 6.22. The van der Waals surface area contributed by atoms with Gasteiger partial charge in [0.15, 0.2) is 5.96 Å². The third kappa shape index (κ3) is 1.63. The Morgan fingerprint density at radius 1 is 1.38 bits per heavy atom. The van der Waals surface area contributed by atoms with Crippen LogP contribution in [0.15, 0.2) is 0 Å². The van der Waals surface area contributed by atoms with Gasteiger partial charge >= 0.3 is 0 Å². The smallest absolute Gasteiger partial charge is 0.188 e. The Balaban J connectivity index is 1.98. The summed E-state index contributed by atoms with van der Waals surface area (Å²) in [4.78, 5) is 1.91. The van der Waals surface area contributed by atoms with Crippen molar-refractivity contribution >= 4 is 5.96 Å². The normalized spacial score (nSPS) is 34.0. The molecule has 4 heteroatoms. The molecule has 2 aliphatic heterocycles. The molecule has 3 N–H and O–H groups in total. The van der Waals surface area contributed by atoms with Crippen LogP contribution in [0.25, 0.3) is 0 Å². The van der Waals surface area contributed by atoms with Crippen molar-refractivity contribution in [2.45, 2.75) is 31.3 Å². The van der Waals surface area contributed by atoms with E-state index < -0.39 is 0 Å². The molecular weight excluding hydrogens is 166 g/mol. The van der Waals surface area contributed by atoms with E-state index in [1.54, 1.807) is 0 Å². The fourth-order valence-electron chi connectivity index (χ4n) is 2.28. The summed E-state index contributed by atoms with van der Waals surface area (Å²) in [6.45, 7) is 2.59. The van der Waals surface area contributed by atoms with E-state index in [1.807, 2.05) is 4.90 Å². The van der Waals surface area contributed by atoms with Crippen molar-refractivity contribution in [3.63, 3.8) is 0 Å². The lowest BCUT2D eigenvalue weighted by atomic mass is 9.93. The fraction of sp³-hybridized carbons (Fsp3) is 0.889. The van der Waals surface area contributed by atoms with Crippen molar-refractivity contribution in [3.8, 4) is 0 Å². The highest BCUT2D eigenvalue weighted by molar-refractivity contribution is 5.75. The van der Waals surface area contributed by atoms with Gasteiger partial charge in [0.2, 0.25) is 0 Å². The van der Waals surface area contributed by atoms with Crippen molar-refractivity contribution in [2.75, 3.05) is 19.7 Å². The molecule has 0 aromatic rings. The molecule has 2 fully saturated rings. The Morgan fingerprint density at radius 3 is 2.77 bits per heavy atom. The van der Waals surface area contributed by atoms with Gasteiger partial charge < -0.3 is 15.4 Å². The van der Waals surface area contributed by atoms with Gasteiger partial charge in [-0.2, -0.15) is 0 Å². The number of hydrogen-bond acceptors (Lipinski definition) is 2. The van der Waals surface area contributed by atoms with Gasteiger partial charge in [-0.25, -0.2) is 0 Å². The van der Waals surface area contributed by atoms with Gasteiger partial charge in [0.25, 0.3) is 0 Å². The van der Waals surface area contributed by atoms with Crippen LogP contribution in [0.5, 0.6) is 0 Å². The predicted molar refractivity (Wildman–Crippen MR) is 50.6 cm³/mol. The predicted octanol–water partition coefficient (Wildman–Crippen LogP) is 0.525. The third-order valence-corrected chi connectivity index (χ3v) is 3.09. The molecular formula is C9H17N3O. The second kappa shape index (κ2) is 3.18. The molecule has 0 aromatic carbocycles. The lowest BCUT2D eigenvalue weighted by Crippen LogP contribution is -2.42. The van der Waals surface area contributed by atoms with Crippen LogP contribution >= 0.6 is 0 Å². The van der Waals surface area contributed by atoms with Crippen molar-refractivity contribution in [3.05, 3.63) is 0 Å². The first-order valence-corrected chi connectivity index (χ1v) is 4.95. The van der Waals surface area contributed by atoms with Gasteiger partial charge in [-0.1, -0.05) is 0 Å². The third-order valence-electron chi connectivity index (χ3n) is 3.09. The summed E-state index contributed by atoms with van der Waals surface area (Å²) >= 11 is 0. The molecule has 13 heavy (non-hydrogen) atoms. The fourth-order valence-corrected chi connectivity index (χ4v) is 2.28. The highest BCUT2D eigenvalue weighted by Gasteiger charge is 2.40. The minimum absolute atomic E-state index is 0.0317. The molecule has 2 aliphatic rings. The molecule has 1 spiro atoms. The lowest BCUT2D eigenvalue weighted by molar-refractivity contribution is -0.0669. The minimum Gasteiger partial charge on any atom is -0.373 e. The molecule has 4 nitrogen and oxygen atoms in total. The van der Waals surface area contributed by atoms with Crippen molar-refractivity contribution in [1.82, 2.24) is 4.90 Å². The molecule has 0 aromatic heterocycles. The maximum atomic E-state index is 7.34. The Bertz CT molecular complexity index is 211. The summed E-state index contributed by atoms with van der Waals surface area (Å²) < 4.78 is 5.81. The largest absolute Gasteiger partial charge is 0.373 e. The molecule has 2 heterocycles. The summed E-state index contributed by atoms with van der Waals surface area (Å²) in [6, 6.07) is 0. The number of nitrogens with one attached hydrogen (secondary N) is 1. The van der Waals surface area contributed by atoms with Gasteiger partial charge in [0.05, 0.1) is 5.60 Å². The second-order valence-electron chi connectivity index (χ2n) is 4.05. The highest BCUT2D eigenvalue weighted by atomic mass is 16.5. The average Bonchev–Trinajstić information content (AvgIpc) is 2.51. The van der Waals surface area contributed by atoms with Crippen LogP contribution in [0.2, 0.25) is 0 Å². The molecule has 1 atom stereocenters. The maximum absolute atomic E-state index is 7.34. The van der Waals surface area contributed by atoms with E-state index in [9.17, 15) is 0 Å². The molecule has 0 saturated carbocycles. The van der Waals surface area contributed by atoms with Crippen LogP contribution < -0.4 is 5.73 Å². The number of guanidine groups is 1. The van der Waals surface area contributed by atoms with E-state index in [1.165, 1.54) is 12.8 Å². The molecule has 0 bridgehead atoms. The molecule has 0 radical (unpaired) electrons. The number of rotatable bonds is 0. The van der Waals surface area contributed by atoms with Gasteiger partial charge in [-0.3, -0.25) is 5.41 Å². The number of nitrogens with two attached hydrogens (primary N) is 1. The van der Waals surface area contributed by atoms with Gasteiger partial charge in [0.1, 0.15) is 0 Å². The molecule has 2 rings (SSSR count). The zero-order chi connectivity index (χ0) is 9.31. The number of nitrogens with zero attached hydrogens (tertiary/aromatic N) is 1. The molecule has 1 unspecified atom stereocenters. The monoisotopic (exact) mass is 183 g/mol. The Hall–Kier alpha value is -0.770. The van der Waals surface area contributed by atoms with Crippen molar-refractivity contribution in [2.24, 2.45) is 5.73 Å². The summed E-state index contributed by atoms with van der Waals surface area (Å²) in [5.74, 6) is 0.186. The summed E-state index contributed by atoms with van der Waals surface area (Å²) in [5.41, 5.74) is 5.47. The Kier molecular flexibility index (Phi) is 2.15. The summed E-state index contributed by atoms with van der Waals surface area (Å²) in [5, 5.41) is 7.34. The van der Waals surface area contributed by atoms with Gasteiger partial charge in [-0.05, 0) is 25.7 Å². The Morgan fingerprint density at radius 2 is 2.23 bits per heavy atom. The first kappa shape index (κ1) is 8.81. The maximum Gasteiger partial charge on any atom is 0.188 e. The highest BCUT2D eigenvalue weighted by Crippen LogP contribution is 2.33. The quantitative estimate of drug-likeness (QED) is 0.425. The molecule has 2 saturated heterocycles. The summed E-state index contributed by atoms with van der Waals surface area (Å²) in [6.07, 6.45) is 4.61. The average molecular weight is 183 g/mol.